The fourth-order valence-corrected chi connectivity index (χ4v) is 3.82. The summed E-state index contributed by atoms with van der Waals surface area (Å²) in [6.07, 6.45) is 28.3. The molecule has 0 N–H and O–H groups in total. The van der Waals surface area contributed by atoms with Crippen molar-refractivity contribution in [3.63, 3.8) is 0 Å². The molecule has 0 saturated carbocycles. The lowest BCUT2D eigenvalue weighted by Gasteiger charge is -2.02. The van der Waals surface area contributed by atoms with E-state index in [1.54, 1.807) is 0 Å². The lowest BCUT2D eigenvalue weighted by Crippen LogP contribution is -1.94. The van der Waals surface area contributed by atoms with E-state index in [1.165, 1.54) is 122 Å². The molecule has 2 atom stereocenters. The van der Waals surface area contributed by atoms with Crippen LogP contribution in [0, 0.1) is 0 Å². The molecule has 1 saturated heterocycles. The fourth-order valence-electron chi connectivity index (χ4n) is 3.82. The van der Waals surface area contributed by atoms with Gasteiger partial charge in [0.05, 0.1) is 12.2 Å². The van der Waals surface area contributed by atoms with Gasteiger partial charge in [0.25, 0.3) is 0 Å². The van der Waals surface area contributed by atoms with Crippen LogP contribution in [-0.4, -0.2) is 12.2 Å². The molecule has 1 fully saturated rings. The number of unbranched alkanes of at least 4 members (excludes halogenated alkanes) is 15. The van der Waals surface area contributed by atoms with Crippen LogP contribution in [0.5, 0.6) is 0 Å². The van der Waals surface area contributed by atoms with Crippen molar-refractivity contribution in [2.24, 2.45) is 0 Å². The Morgan fingerprint density at radius 1 is 0.417 bits per heavy atom. The highest BCUT2D eigenvalue weighted by Gasteiger charge is 2.36. The first-order valence-electron chi connectivity index (χ1n) is 11.5. The Bertz CT molecular complexity index is 250. The Morgan fingerprint density at radius 3 is 1.08 bits per heavy atom. The van der Waals surface area contributed by atoms with Crippen LogP contribution in [-0.2, 0) is 4.74 Å². The van der Waals surface area contributed by atoms with E-state index >= 15 is 0 Å². The van der Waals surface area contributed by atoms with Crippen LogP contribution >= 0.6 is 0 Å². The van der Waals surface area contributed by atoms with Gasteiger partial charge in [0.1, 0.15) is 0 Å². The van der Waals surface area contributed by atoms with E-state index in [1.807, 2.05) is 0 Å². The van der Waals surface area contributed by atoms with Crippen LogP contribution in [0.3, 0.4) is 0 Å². The molecule has 0 aromatic heterocycles. The predicted octanol–water partition coefficient (Wildman–Crippen LogP) is 8.21. The second-order valence-electron chi connectivity index (χ2n) is 8.09. The van der Waals surface area contributed by atoms with Crippen LogP contribution in [0.4, 0.5) is 0 Å². The molecule has 1 rings (SSSR count). The van der Waals surface area contributed by atoms with Crippen LogP contribution in [0.15, 0.2) is 0 Å². The third kappa shape index (κ3) is 13.3. The fraction of sp³-hybridized carbons (Fsp3) is 1.00. The monoisotopic (exact) mass is 338 g/mol. The minimum atomic E-state index is 0.638. The van der Waals surface area contributed by atoms with Crippen LogP contribution in [0.25, 0.3) is 0 Å². The van der Waals surface area contributed by atoms with Gasteiger partial charge in [-0.1, -0.05) is 123 Å². The van der Waals surface area contributed by atoms with Crippen molar-refractivity contribution in [2.75, 3.05) is 0 Å². The van der Waals surface area contributed by atoms with Gasteiger partial charge in [0.15, 0.2) is 0 Å². The van der Waals surface area contributed by atoms with Gasteiger partial charge in [-0.25, -0.2) is 0 Å². The summed E-state index contributed by atoms with van der Waals surface area (Å²) in [5, 5.41) is 0. The van der Waals surface area contributed by atoms with E-state index in [-0.39, 0.29) is 0 Å². The molecule has 0 bridgehead atoms. The van der Waals surface area contributed by atoms with Gasteiger partial charge in [-0.2, -0.15) is 0 Å². The summed E-state index contributed by atoms with van der Waals surface area (Å²) >= 11 is 0. The molecule has 1 aliphatic rings. The molecule has 0 aromatic carbocycles. The highest BCUT2D eigenvalue weighted by atomic mass is 16.6. The standard InChI is InChI=1S/C23H46O/c1-3-5-7-9-10-11-12-13-14-15-16-17-19-21-23-22(24-23)20-18-8-6-4-2/h22-23H,3-21H2,1-2H3. The Kier molecular flexibility index (Phi) is 15.1. The average Bonchev–Trinajstić information content (AvgIpc) is 3.34. The molecule has 24 heavy (non-hydrogen) atoms. The molecule has 1 heterocycles. The SMILES string of the molecule is CCCCCCCCCCCCCCCC1OC1CCCCCC. The van der Waals surface area contributed by atoms with Gasteiger partial charge in [-0.15, -0.1) is 0 Å². The Balaban J connectivity index is 1.69. The Labute approximate surface area is 153 Å². The maximum Gasteiger partial charge on any atom is 0.0841 e. The summed E-state index contributed by atoms with van der Waals surface area (Å²) < 4.78 is 5.80. The van der Waals surface area contributed by atoms with Crippen molar-refractivity contribution >= 4 is 0 Å². The first-order valence-corrected chi connectivity index (χ1v) is 11.5. The molecule has 1 aliphatic heterocycles. The van der Waals surface area contributed by atoms with Gasteiger partial charge in [0.2, 0.25) is 0 Å². The Morgan fingerprint density at radius 2 is 0.708 bits per heavy atom. The maximum absolute atomic E-state index is 5.80. The molecule has 144 valence electrons. The van der Waals surface area contributed by atoms with Gasteiger partial charge < -0.3 is 4.74 Å². The van der Waals surface area contributed by atoms with Crippen molar-refractivity contribution in [3.05, 3.63) is 0 Å². The second-order valence-corrected chi connectivity index (χ2v) is 8.09. The zero-order valence-corrected chi connectivity index (χ0v) is 17.0. The number of epoxide rings is 1. The van der Waals surface area contributed by atoms with E-state index in [9.17, 15) is 0 Å². The number of hydrogen-bond acceptors (Lipinski definition) is 1. The highest BCUT2D eigenvalue weighted by molar-refractivity contribution is 4.84. The zero-order valence-electron chi connectivity index (χ0n) is 17.0. The maximum atomic E-state index is 5.80. The molecule has 1 nitrogen and oxygen atoms in total. The number of hydrogen-bond donors (Lipinski definition) is 0. The van der Waals surface area contributed by atoms with Gasteiger partial charge in [-0.3, -0.25) is 0 Å². The molecule has 1 heteroatoms. The molecule has 2 unspecified atom stereocenters. The van der Waals surface area contributed by atoms with Crippen molar-refractivity contribution < 1.29 is 4.74 Å². The number of rotatable bonds is 19. The quantitative estimate of drug-likeness (QED) is 0.171. The van der Waals surface area contributed by atoms with Crippen molar-refractivity contribution in [2.45, 2.75) is 148 Å². The van der Waals surface area contributed by atoms with Gasteiger partial charge in [-0.05, 0) is 12.8 Å². The van der Waals surface area contributed by atoms with Crippen LogP contribution < -0.4 is 0 Å². The first kappa shape index (κ1) is 22.0. The summed E-state index contributed by atoms with van der Waals surface area (Å²) in [6.45, 7) is 4.58. The third-order valence-corrected chi connectivity index (χ3v) is 5.62. The van der Waals surface area contributed by atoms with Crippen LogP contribution in [0.2, 0.25) is 0 Å². The van der Waals surface area contributed by atoms with Gasteiger partial charge in [0, 0.05) is 0 Å². The van der Waals surface area contributed by atoms with Crippen molar-refractivity contribution in [3.8, 4) is 0 Å². The summed E-state index contributed by atoms with van der Waals surface area (Å²) in [5.41, 5.74) is 0. The average molecular weight is 339 g/mol. The summed E-state index contributed by atoms with van der Waals surface area (Å²) in [4.78, 5) is 0. The van der Waals surface area contributed by atoms with Crippen molar-refractivity contribution in [1.82, 2.24) is 0 Å². The van der Waals surface area contributed by atoms with E-state index in [0.29, 0.717) is 12.2 Å². The lowest BCUT2D eigenvalue weighted by molar-refractivity contribution is 0.347. The molecule has 0 amide bonds. The number of ether oxygens (including phenoxy) is 1. The molecular weight excluding hydrogens is 292 g/mol. The Hall–Kier alpha value is -0.0400. The second kappa shape index (κ2) is 16.4. The molecular formula is C23H46O. The minimum absolute atomic E-state index is 0.638. The van der Waals surface area contributed by atoms with Crippen molar-refractivity contribution in [1.29, 1.82) is 0 Å². The smallest absolute Gasteiger partial charge is 0.0841 e. The topological polar surface area (TPSA) is 12.5 Å². The highest BCUT2D eigenvalue weighted by Crippen LogP contribution is 2.31. The normalized spacial score (nSPS) is 19.8. The van der Waals surface area contributed by atoms with E-state index in [4.69, 9.17) is 4.74 Å². The largest absolute Gasteiger partial charge is 0.370 e. The van der Waals surface area contributed by atoms with Crippen LogP contribution in [0.1, 0.15) is 136 Å². The summed E-state index contributed by atoms with van der Waals surface area (Å²) in [6, 6.07) is 0. The molecule has 0 aromatic rings. The minimum Gasteiger partial charge on any atom is -0.370 e. The third-order valence-electron chi connectivity index (χ3n) is 5.62. The van der Waals surface area contributed by atoms with E-state index < -0.39 is 0 Å². The first-order chi connectivity index (χ1) is 11.9. The summed E-state index contributed by atoms with van der Waals surface area (Å²) in [7, 11) is 0. The van der Waals surface area contributed by atoms with E-state index in [0.717, 1.165) is 0 Å². The molecule has 0 radical (unpaired) electrons. The lowest BCUT2D eigenvalue weighted by atomic mass is 10.0. The summed E-state index contributed by atoms with van der Waals surface area (Å²) in [5.74, 6) is 0. The van der Waals surface area contributed by atoms with Gasteiger partial charge >= 0.3 is 0 Å². The molecule has 0 spiro atoms. The predicted molar refractivity (Wildman–Crippen MR) is 108 cm³/mol. The zero-order chi connectivity index (χ0) is 17.3. The van der Waals surface area contributed by atoms with E-state index in [2.05, 4.69) is 13.8 Å². The molecule has 0 aliphatic carbocycles.